The molecule has 0 aliphatic carbocycles. The van der Waals surface area contributed by atoms with E-state index in [2.05, 4.69) is 17.2 Å². The highest BCUT2D eigenvalue weighted by molar-refractivity contribution is 5.86. The van der Waals surface area contributed by atoms with E-state index in [0.717, 1.165) is 31.7 Å². The lowest BCUT2D eigenvalue weighted by Gasteiger charge is -2.07. The first-order valence-electron chi connectivity index (χ1n) is 6.60. The first-order valence-corrected chi connectivity index (χ1v) is 6.60. The van der Waals surface area contributed by atoms with Gasteiger partial charge in [0.05, 0.1) is 6.61 Å². The van der Waals surface area contributed by atoms with E-state index >= 15 is 0 Å². The highest BCUT2D eigenvalue weighted by Gasteiger charge is 1.94. The van der Waals surface area contributed by atoms with Gasteiger partial charge in [-0.05, 0) is 31.1 Å². The number of carbonyl (C=O) groups is 1. The zero-order valence-electron chi connectivity index (χ0n) is 11.2. The molecule has 2 N–H and O–H groups in total. The molecule has 0 atom stereocenters. The van der Waals surface area contributed by atoms with Gasteiger partial charge in [0, 0.05) is 25.4 Å². The van der Waals surface area contributed by atoms with Crippen LogP contribution in [-0.4, -0.2) is 32.2 Å². The number of amides is 1. The van der Waals surface area contributed by atoms with Crippen molar-refractivity contribution in [3.63, 3.8) is 0 Å². The second-order valence-corrected chi connectivity index (χ2v) is 4.11. The topological polar surface area (TPSA) is 50.4 Å². The molecule has 1 aromatic carbocycles. The summed E-state index contributed by atoms with van der Waals surface area (Å²) in [6.45, 7) is 6.28. The number of para-hydroxylation sites is 1. The molecular weight excluding hydrogens is 240 g/mol. The summed E-state index contributed by atoms with van der Waals surface area (Å²) >= 11 is 0. The maximum Gasteiger partial charge on any atom is 0.243 e. The molecule has 1 aromatic rings. The normalized spacial score (nSPS) is 9.89. The summed E-state index contributed by atoms with van der Waals surface area (Å²) in [5.74, 6) is -0.118. The molecule has 0 radical (unpaired) electrons. The number of benzene rings is 1. The van der Waals surface area contributed by atoms with Crippen molar-refractivity contribution >= 4 is 11.6 Å². The highest BCUT2D eigenvalue weighted by Crippen LogP contribution is 2.03. The van der Waals surface area contributed by atoms with Crippen LogP contribution in [0.4, 0.5) is 5.69 Å². The van der Waals surface area contributed by atoms with Gasteiger partial charge in [-0.3, -0.25) is 4.79 Å². The van der Waals surface area contributed by atoms with Gasteiger partial charge in [0.15, 0.2) is 0 Å². The van der Waals surface area contributed by atoms with Crippen molar-refractivity contribution in [1.29, 1.82) is 0 Å². The minimum absolute atomic E-state index is 0.118. The van der Waals surface area contributed by atoms with Gasteiger partial charge < -0.3 is 15.4 Å². The van der Waals surface area contributed by atoms with Crippen LogP contribution in [0.15, 0.2) is 43.0 Å². The Morgan fingerprint density at radius 2 is 1.95 bits per heavy atom. The number of hydrogen-bond acceptors (Lipinski definition) is 3. The average molecular weight is 262 g/mol. The molecule has 0 bridgehead atoms. The van der Waals surface area contributed by atoms with E-state index in [1.165, 1.54) is 6.08 Å². The Kier molecular flexibility index (Phi) is 8.14. The quantitative estimate of drug-likeness (QED) is 0.502. The van der Waals surface area contributed by atoms with E-state index in [9.17, 15) is 4.79 Å². The van der Waals surface area contributed by atoms with Gasteiger partial charge in [-0.25, -0.2) is 0 Å². The Labute approximate surface area is 114 Å². The summed E-state index contributed by atoms with van der Waals surface area (Å²) in [6, 6.07) is 10.1. The molecule has 0 heterocycles. The molecule has 0 aliphatic rings. The van der Waals surface area contributed by atoms with Gasteiger partial charge in [0.2, 0.25) is 5.91 Å². The van der Waals surface area contributed by atoms with Crippen molar-refractivity contribution in [1.82, 2.24) is 5.32 Å². The van der Waals surface area contributed by atoms with Gasteiger partial charge in [-0.15, -0.1) is 0 Å². The molecule has 4 heteroatoms. The zero-order chi connectivity index (χ0) is 13.8. The minimum atomic E-state index is -0.118. The number of ether oxygens (including phenoxy) is 1. The standard InChI is InChI=1S/C15H22N2O2/c1-2-15(18)17-10-6-7-12-19-13-11-16-14-8-4-3-5-9-14/h2-5,8-9,16H,1,6-7,10-13H2,(H,17,18). The molecule has 0 spiro atoms. The molecule has 104 valence electrons. The lowest BCUT2D eigenvalue weighted by Crippen LogP contribution is -2.22. The molecule has 19 heavy (non-hydrogen) atoms. The lowest BCUT2D eigenvalue weighted by molar-refractivity contribution is -0.116. The SMILES string of the molecule is C=CC(=O)NCCCCOCCNc1ccccc1. The Bertz CT molecular complexity index is 366. The van der Waals surface area contributed by atoms with E-state index in [1.54, 1.807) is 0 Å². The minimum Gasteiger partial charge on any atom is -0.383 e. The smallest absolute Gasteiger partial charge is 0.243 e. The van der Waals surface area contributed by atoms with E-state index in [1.807, 2.05) is 30.3 Å². The first kappa shape index (κ1) is 15.2. The van der Waals surface area contributed by atoms with Crippen LogP contribution in [0.2, 0.25) is 0 Å². The number of carbonyl (C=O) groups excluding carboxylic acids is 1. The molecule has 0 saturated carbocycles. The van der Waals surface area contributed by atoms with Crippen molar-refractivity contribution in [2.24, 2.45) is 0 Å². The molecule has 0 fully saturated rings. The van der Waals surface area contributed by atoms with Crippen molar-refractivity contribution in [2.45, 2.75) is 12.8 Å². The Morgan fingerprint density at radius 1 is 1.16 bits per heavy atom. The fourth-order valence-corrected chi connectivity index (χ4v) is 1.54. The maximum absolute atomic E-state index is 10.9. The van der Waals surface area contributed by atoms with Crippen LogP contribution in [0.5, 0.6) is 0 Å². The summed E-state index contributed by atoms with van der Waals surface area (Å²) in [6.07, 6.45) is 3.15. The zero-order valence-corrected chi connectivity index (χ0v) is 11.2. The van der Waals surface area contributed by atoms with E-state index < -0.39 is 0 Å². The third-order valence-electron chi connectivity index (χ3n) is 2.55. The molecule has 0 saturated heterocycles. The molecule has 0 unspecified atom stereocenters. The molecule has 0 aromatic heterocycles. The van der Waals surface area contributed by atoms with E-state index in [-0.39, 0.29) is 5.91 Å². The summed E-state index contributed by atoms with van der Waals surface area (Å²) in [7, 11) is 0. The monoisotopic (exact) mass is 262 g/mol. The van der Waals surface area contributed by atoms with Crippen molar-refractivity contribution in [3.8, 4) is 0 Å². The third kappa shape index (κ3) is 8.00. The number of unbranched alkanes of at least 4 members (excludes halogenated alkanes) is 1. The molecule has 1 amide bonds. The summed E-state index contributed by atoms with van der Waals surface area (Å²) in [4.78, 5) is 10.9. The summed E-state index contributed by atoms with van der Waals surface area (Å²) in [5.41, 5.74) is 1.11. The molecular formula is C15H22N2O2. The second-order valence-electron chi connectivity index (χ2n) is 4.11. The van der Waals surface area contributed by atoms with Gasteiger partial charge >= 0.3 is 0 Å². The van der Waals surface area contributed by atoms with Crippen molar-refractivity contribution in [3.05, 3.63) is 43.0 Å². The van der Waals surface area contributed by atoms with E-state index in [4.69, 9.17) is 4.74 Å². The molecule has 1 rings (SSSR count). The van der Waals surface area contributed by atoms with E-state index in [0.29, 0.717) is 13.2 Å². The third-order valence-corrected chi connectivity index (χ3v) is 2.55. The molecule has 4 nitrogen and oxygen atoms in total. The van der Waals surface area contributed by atoms with Gasteiger partial charge in [0.1, 0.15) is 0 Å². The van der Waals surface area contributed by atoms with Crippen LogP contribution in [0.3, 0.4) is 0 Å². The van der Waals surface area contributed by atoms with Crippen LogP contribution >= 0.6 is 0 Å². The fourth-order valence-electron chi connectivity index (χ4n) is 1.54. The van der Waals surface area contributed by atoms with Gasteiger partial charge in [-0.2, -0.15) is 0 Å². The first-order chi connectivity index (χ1) is 9.33. The highest BCUT2D eigenvalue weighted by atomic mass is 16.5. The van der Waals surface area contributed by atoms with Crippen molar-refractivity contribution in [2.75, 3.05) is 31.6 Å². The van der Waals surface area contributed by atoms with Crippen molar-refractivity contribution < 1.29 is 9.53 Å². The lowest BCUT2D eigenvalue weighted by atomic mass is 10.3. The maximum atomic E-state index is 10.9. The molecule has 0 aliphatic heterocycles. The van der Waals surface area contributed by atoms with Crippen LogP contribution in [0.25, 0.3) is 0 Å². The number of rotatable bonds is 10. The van der Waals surface area contributed by atoms with Gasteiger partial charge in [0.25, 0.3) is 0 Å². The number of nitrogens with one attached hydrogen (secondary N) is 2. The van der Waals surface area contributed by atoms with Crippen LogP contribution in [-0.2, 0) is 9.53 Å². The number of hydrogen-bond donors (Lipinski definition) is 2. The second kappa shape index (κ2) is 10.1. The summed E-state index contributed by atoms with van der Waals surface area (Å²) < 4.78 is 5.49. The Hall–Kier alpha value is -1.81. The predicted molar refractivity (Wildman–Crippen MR) is 78.2 cm³/mol. The Morgan fingerprint density at radius 3 is 2.68 bits per heavy atom. The van der Waals surface area contributed by atoms with Crippen LogP contribution in [0.1, 0.15) is 12.8 Å². The summed E-state index contributed by atoms with van der Waals surface area (Å²) in [5, 5.41) is 6.01. The van der Waals surface area contributed by atoms with Crippen LogP contribution in [0, 0.1) is 0 Å². The van der Waals surface area contributed by atoms with Gasteiger partial charge in [-0.1, -0.05) is 24.8 Å². The Balaban J connectivity index is 1.86. The average Bonchev–Trinajstić information content (AvgIpc) is 2.46. The largest absolute Gasteiger partial charge is 0.383 e. The fraction of sp³-hybridized carbons (Fsp3) is 0.400. The number of anilines is 1. The van der Waals surface area contributed by atoms with Crippen LogP contribution < -0.4 is 10.6 Å². The predicted octanol–water partition coefficient (Wildman–Crippen LogP) is 2.20.